The number of ether oxygens (including phenoxy) is 1. The lowest BCUT2D eigenvalue weighted by Gasteiger charge is -2.34. The van der Waals surface area contributed by atoms with Crippen molar-refractivity contribution in [2.75, 3.05) is 11.6 Å². The number of allylic oxidation sites excluding steroid dienone is 1. The predicted molar refractivity (Wildman–Crippen MR) is 87.2 cm³/mol. The molecule has 0 fully saturated rings. The van der Waals surface area contributed by atoms with Crippen LogP contribution in [-0.4, -0.2) is 23.0 Å². The average Bonchev–Trinajstić information content (AvgIpc) is 2.54. The van der Waals surface area contributed by atoms with Gasteiger partial charge in [-0.1, -0.05) is 12.1 Å². The van der Waals surface area contributed by atoms with Gasteiger partial charge in [0.15, 0.2) is 0 Å². The summed E-state index contributed by atoms with van der Waals surface area (Å²) in [5.41, 5.74) is 9.06. The first-order valence-electron chi connectivity index (χ1n) is 7.30. The van der Waals surface area contributed by atoms with Gasteiger partial charge in [-0.15, -0.1) is 0 Å². The van der Waals surface area contributed by atoms with E-state index in [9.17, 15) is 5.26 Å². The number of hydrogen-bond acceptors (Lipinski definition) is 6. The van der Waals surface area contributed by atoms with E-state index in [1.54, 1.807) is 24.3 Å². The minimum atomic E-state index is -0.457. The molecule has 1 aromatic carbocycles. The number of nitrogens with zero attached hydrogens (tertiary/aromatic N) is 3. The van der Waals surface area contributed by atoms with Crippen LogP contribution in [0.4, 0.5) is 5.69 Å². The molecule has 118 valence electrons. The molecule has 0 unspecified atom stereocenters. The highest BCUT2D eigenvalue weighted by molar-refractivity contribution is 6.08. The van der Waals surface area contributed by atoms with Crippen molar-refractivity contribution in [2.45, 2.75) is 26.1 Å². The molecule has 0 spiro atoms. The van der Waals surface area contributed by atoms with Gasteiger partial charge >= 0.3 is 0 Å². The molecule has 23 heavy (non-hydrogen) atoms. The molecule has 3 N–H and O–H groups in total. The van der Waals surface area contributed by atoms with E-state index in [4.69, 9.17) is 15.6 Å². The van der Waals surface area contributed by atoms with Crippen LogP contribution in [0.1, 0.15) is 19.4 Å². The van der Waals surface area contributed by atoms with E-state index >= 15 is 0 Å². The highest BCUT2D eigenvalue weighted by Gasteiger charge is 2.33. The molecule has 0 bridgehead atoms. The van der Waals surface area contributed by atoms with Crippen LogP contribution in [0, 0.1) is 11.3 Å². The summed E-state index contributed by atoms with van der Waals surface area (Å²) < 4.78 is 5.74. The zero-order chi connectivity index (χ0) is 16.6. The zero-order valence-electron chi connectivity index (χ0n) is 13.1. The van der Waals surface area contributed by atoms with Gasteiger partial charge in [-0.2, -0.15) is 10.4 Å². The third-order valence-corrected chi connectivity index (χ3v) is 3.83. The average molecular weight is 310 g/mol. The van der Waals surface area contributed by atoms with Crippen LogP contribution in [0.2, 0.25) is 0 Å². The Balaban J connectivity index is 2.07. The zero-order valence-corrected chi connectivity index (χ0v) is 13.1. The van der Waals surface area contributed by atoms with E-state index in [0.29, 0.717) is 17.9 Å². The van der Waals surface area contributed by atoms with Gasteiger partial charge in [0.25, 0.3) is 0 Å². The highest BCUT2D eigenvalue weighted by Crippen LogP contribution is 2.32. The number of benzene rings is 1. The van der Waals surface area contributed by atoms with E-state index < -0.39 is 5.60 Å². The van der Waals surface area contributed by atoms with Gasteiger partial charge in [-0.05, 0) is 37.6 Å². The summed E-state index contributed by atoms with van der Waals surface area (Å²) >= 11 is 0. The van der Waals surface area contributed by atoms with Gasteiger partial charge in [0.05, 0.1) is 30.2 Å². The molecule has 0 saturated carbocycles. The molecule has 3 rings (SSSR count). The lowest BCUT2D eigenvalue weighted by molar-refractivity contribution is 0.0409. The first kappa shape index (κ1) is 15.3. The molecule has 2 heterocycles. The van der Waals surface area contributed by atoms with Crippen LogP contribution < -0.4 is 10.7 Å². The van der Waals surface area contributed by atoms with Crippen LogP contribution in [-0.2, 0) is 11.3 Å². The summed E-state index contributed by atoms with van der Waals surface area (Å²) in [4.78, 5) is 0. The quantitative estimate of drug-likeness (QED) is 0.868. The largest absolute Gasteiger partial charge is 0.392 e. The molecule has 0 aliphatic carbocycles. The Morgan fingerprint density at radius 1 is 1.39 bits per heavy atom. The smallest absolute Gasteiger partial charge is 0.144 e. The number of nitrogens with two attached hydrogens (primary N) is 1. The number of anilines is 1. The maximum Gasteiger partial charge on any atom is 0.144 e. The Labute approximate surface area is 134 Å². The van der Waals surface area contributed by atoms with Crippen LogP contribution in [0.15, 0.2) is 52.4 Å². The van der Waals surface area contributed by atoms with Crippen molar-refractivity contribution in [3.05, 3.63) is 52.9 Å². The van der Waals surface area contributed by atoms with Crippen molar-refractivity contribution in [3.8, 4) is 6.07 Å². The van der Waals surface area contributed by atoms with Gasteiger partial charge in [-0.3, -0.25) is 0 Å². The standard InChI is InChI=1S/C17H18N4O2/c1-17(2)7-13-14(8-18)16(19)21(20-15(13)10-23-17)12-5-3-11(9-22)4-6-12/h3-7,22H,9-10,19H2,1-2H3. The van der Waals surface area contributed by atoms with E-state index in [2.05, 4.69) is 11.2 Å². The first-order chi connectivity index (χ1) is 10.9. The molecule has 6 heteroatoms. The molecular weight excluding hydrogens is 292 g/mol. The Kier molecular flexibility index (Phi) is 3.68. The van der Waals surface area contributed by atoms with Crippen molar-refractivity contribution in [1.82, 2.24) is 0 Å². The molecule has 0 aromatic heterocycles. The number of nitriles is 1. The van der Waals surface area contributed by atoms with E-state index in [0.717, 1.165) is 16.8 Å². The van der Waals surface area contributed by atoms with Crippen molar-refractivity contribution >= 4 is 11.4 Å². The second-order valence-corrected chi connectivity index (χ2v) is 6.01. The minimum Gasteiger partial charge on any atom is -0.392 e. The fourth-order valence-electron chi connectivity index (χ4n) is 2.58. The van der Waals surface area contributed by atoms with Crippen molar-refractivity contribution < 1.29 is 9.84 Å². The number of rotatable bonds is 2. The Bertz CT molecular complexity index is 767. The number of fused-ring (bicyclic) bond motifs is 1. The lowest BCUT2D eigenvalue weighted by Crippen LogP contribution is -2.39. The topological polar surface area (TPSA) is 94.9 Å². The van der Waals surface area contributed by atoms with E-state index in [1.807, 2.05) is 19.9 Å². The first-order valence-corrected chi connectivity index (χ1v) is 7.30. The highest BCUT2D eigenvalue weighted by atomic mass is 16.5. The van der Waals surface area contributed by atoms with Crippen LogP contribution in [0.5, 0.6) is 0 Å². The Hall–Kier alpha value is -2.62. The maximum absolute atomic E-state index is 9.53. The second kappa shape index (κ2) is 5.54. The maximum atomic E-state index is 9.53. The summed E-state index contributed by atoms with van der Waals surface area (Å²) in [5, 5.41) is 24.7. The van der Waals surface area contributed by atoms with Crippen molar-refractivity contribution in [3.63, 3.8) is 0 Å². The Morgan fingerprint density at radius 3 is 2.70 bits per heavy atom. The van der Waals surface area contributed by atoms with Crippen molar-refractivity contribution in [1.29, 1.82) is 5.26 Å². The van der Waals surface area contributed by atoms with Gasteiger partial charge < -0.3 is 15.6 Å². The summed E-state index contributed by atoms with van der Waals surface area (Å²) in [5.74, 6) is 0.289. The Morgan fingerprint density at radius 2 is 2.09 bits per heavy atom. The molecule has 2 aliphatic rings. The van der Waals surface area contributed by atoms with E-state index in [-0.39, 0.29) is 12.4 Å². The van der Waals surface area contributed by atoms with Gasteiger partial charge in [0, 0.05) is 5.57 Å². The normalized spacial score (nSPS) is 19.7. The molecule has 0 radical (unpaired) electrons. The lowest BCUT2D eigenvalue weighted by atomic mass is 9.92. The molecule has 0 amide bonds. The van der Waals surface area contributed by atoms with Gasteiger partial charge in [0.1, 0.15) is 17.5 Å². The molecule has 6 nitrogen and oxygen atoms in total. The molecule has 0 atom stereocenters. The fraction of sp³-hybridized carbons (Fsp3) is 0.294. The minimum absolute atomic E-state index is 0.0284. The third-order valence-electron chi connectivity index (χ3n) is 3.83. The summed E-state index contributed by atoms with van der Waals surface area (Å²) in [6, 6.07) is 9.38. The van der Waals surface area contributed by atoms with E-state index in [1.165, 1.54) is 5.01 Å². The number of aliphatic hydroxyl groups is 1. The number of aliphatic hydroxyl groups excluding tert-OH is 1. The monoisotopic (exact) mass is 310 g/mol. The van der Waals surface area contributed by atoms with Crippen LogP contribution >= 0.6 is 0 Å². The number of hydrazone groups is 1. The van der Waals surface area contributed by atoms with Gasteiger partial charge in [-0.25, -0.2) is 5.01 Å². The van der Waals surface area contributed by atoms with Crippen LogP contribution in [0.3, 0.4) is 0 Å². The van der Waals surface area contributed by atoms with Crippen molar-refractivity contribution in [2.24, 2.45) is 10.8 Å². The molecule has 1 aromatic rings. The second-order valence-electron chi connectivity index (χ2n) is 6.01. The van der Waals surface area contributed by atoms with Crippen LogP contribution in [0.25, 0.3) is 0 Å². The SMILES string of the molecule is CC1(C)C=C2C(=NN(c3ccc(CO)cc3)C(N)=C2C#N)CO1. The summed E-state index contributed by atoms with van der Waals surface area (Å²) in [6.07, 6.45) is 1.88. The summed E-state index contributed by atoms with van der Waals surface area (Å²) in [7, 11) is 0. The molecule has 0 saturated heterocycles. The third kappa shape index (κ3) is 2.72. The van der Waals surface area contributed by atoms with Gasteiger partial charge in [0.2, 0.25) is 0 Å². The molecular formula is C17H18N4O2. The summed E-state index contributed by atoms with van der Waals surface area (Å²) in [6.45, 7) is 4.16. The molecule has 2 aliphatic heterocycles. The predicted octanol–water partition coefficient (Wildman–Crippen LogP) is 1.78. The number of hydrogen-bond donors (Lipinski definition) is 2. The fourth-order valence-corrected chi connectivity index (χ4v) is 2.58.